The van der Waals surface area contributed by atoms with Crippen molar-refractivity contribution in [3.05, 3.63) is 23.9 Å². The van der Waals surface area contributed by atoms with Gasteiger partial charge < -0.3 is 10.1 Å². The van der Waals surface area contributed by atoms with Gasteiger partial charge in [0.2, 0.25) is 0 Å². The van der Waals surface area contributed by atoms with Gasteiger partial charge in [-0.1, -0.05) is 6.07 Å². The summed E-state index contributed by atoms with van der Waals surface area (Å²) >= 11 is 0. The summed E-state index contributed by atoms with van der Waals surface area (Å²) in [6.45, 7) is 5.84. The molecule has 1 rings (SSSR count). The molecule has 0 saturated carbocycles. The fourth-order valence-electron chi connectivity index (χ4n) is 1.17. The Labute approximate surface area is 89.7 Å². The Bertz CT molecular complexity index is 339. The Morgan fingerprint density at radius 2 is 2.33 bits per heavy atom. The second-order valence-electron chi connectivity index (χ2n) is 3.28. The molecule has 0 spiro atoms. The Morgan fingerprint density at radius 1 is 1.60 bits per heavy atom. The molecule has 4 heteroatoms. The molecule has 4 nitrogen and oxygen atoms in total. The zero-order valence-electron chi connectivity index (χ0n) is 9.28. The number of nitrogens with zero attached hydrogens (tertiary/aromatic N) is 1. The van der Waals surface area contributed by atoms with Gasteiger partial charge in [-0.3, -0.25) is 0 Å². The van der Waals surface area contributed by atoms with E-state index in [0.717, 1.165) is 5.69 Å². The number of aryl methyl sites for hydroxylation is 1. The molecule has 0 aliphatic carbocycles. The minimum absolute atomic E-state index is 0.263. The number of hydrogen-bond acceptors (Lipinski definition) is 4. The van der Waals surface area contributed by atoms with Gasteiger partial charge in [0.1, 0.15) is 11.9 Å². The normalized spacial score (nSPS) is 11.9. The molecule has 1 unspecified atom stereocenters. The Kier molecular flexibility index (Phi) is 4.09. The van der Waals surface area contributed by atoms with Crippen LogP contribution in [0.5, 0.6) is 0 Å². The van der Waals surface area contributed by atoms with Crippen LogP contribution >= 0.6 is 0 Å². The molecule has 1 atom stereocenters. The van der Waals surface area contributed by atoms with Crippen molar-refractivity contribution in [2.45, 2.75) is 26.8 Å². The minimum atomic E-state index is -0.376. The van der Waals surface area contributed by atoms with Crippen LogP contribution in [0.3, 0.4) is 0 Å². The standard InChI is InChI=1S/C11H16N2O2/c1-4-15-11(14)9(3)13-10-7-5-6-8(2)12-10/h5-7,9H,4H2,1-3H3,(H,12,13). The summed E-state index contributed by atoms with van der Waals surface area (Å²) in [5, 5.41) is 2.98. The van der Waals surface area contributed by atoms with Crippen LogP contribution in [-0.4, -0.2) is 23.6 Å². The molecule has 0 bridgehead atoms. The van der Waals surface area contributed by atoms with Crippen LogP contribution < -0.4 is 5.32 Å². The number of carbonyl (C=O) groups is 1. The number of esters is 1. The van der Waals surface area contributed by atoms with Gasteiger partial charge in [0.25, 0.3) is 0 Å². The number of nitrogens with one attached hydrogen (secondary N) is 1. The summed E-state index contributed by atoms with van der Waals surface area (Å²) in [4.78, 5) is 15.6. The van der Waals surface area contributed by atoms with E-state index in [4.69, 9.17) is 4.74 Å². The first-order valence-corrected chi connectivity index (χ1v) is 5.00. The zero-order chi connectivity index (χ0) is 11.3. The summed E-state index contributed by atoms with van der Waals surface area (Å²) in [7, 11) is 0. The van der Waals surface area contributed by atoms with Crippen molar-refractivity contribution in [3.63, 3.8) is 0 Å². The van der Waals surface area contributed by atoms with Gasteiger partial charge in [0.05, 0.1) is 6.61 Å². The van der Waals surface area contributed by atoms with E-state index in [2.05, 4.69) is 10.3 Å². The lowest BCUT2D eigenvalue weighted by molar-refractivity contribution is -0.143. The predicted molar refractivity (Wildman–Crippen MR) is 58.7 cm³/mol. The summed E-state index contributed by atoms with van der Waals surface area (Å²) in [5.41, 5.74) is 0.913. The highest BCUT2D eigenvalue weighted by Crippen LogP contribution is 2.06. The van der Waals surface area contributed by atoms with E-state index in [1.807, 2.05) is 25.1 Å². The van der Waals surface area contributed by atoms with Crippen LogP contribution in [0.15, 0.2) is 18.2 Å². The van der Waals surface area contributed by atoms with Gasteiger partial charge in [-0.15, -0.1) is 0 Å². The van der Waals surface area contributed by atoms with Crippen molar-refractivity contribution in [2.24, 2.45) is 0 Å². The van der Waals surface area contributed by atoms with Crippen LogP contribution in [0.1, 0.15) is 19.5 Å². The van der Waals surface area contributed by atoms with Crippen molar-refractivity contribution in [3.8, 4) is 0 Å². The van der Waals surface area contributed by atoms with Crippen LogP contribution in [0.4, 0.5) is 5.82 Å². The van der Waals surface area contributed by atoms with E-state index in [-0.39, 0.29) is 12.0 Å². The molecule has 1 N–H and O–H groups in total. The molecule has 0 aliphatic heterocycles. The Morgan fingerprint density at radius 3 is 2.93 bits per heavy atom. The van der Waals surface area contributed by atoms with Crippen molar-refractivity contribution in [1.82, 2.24) is 4.98 Å². The molecule has 1 heterocycles. The van der Waals surface area contributed by atoms with E-state index in [1.54, 1.807) is 13.8 Å². The molecule has 0 fully saturated rings. The molecule has 82 valence electrons. The van der Waals surface area contributed by atoms with Crippen LogP contribution in [0.2, 0.25) is 0 Å². The topological polar surface area (TPSA) is 51.2 Å². The Balaban J connectivity index is 2.58. The quantitative estimate of drug-likeness (QED) is 0.766. The van der Waals surface area contributed by atoms with Gasteiger partial charge in [0.15, 0.2) is 0 Å². The third-order valence-corrected chi connectivity index (χ3v) is 1.89. The lowest BCUT2D eigenvalue weighted by Crippen LogP contribution is -2.28. The monoisotopic (exact) mass is 208 g/mol. The van der Waals surface area contributed by atoms with Crippen LogP contribution in [0, 0.1) is 6.92 Å². The molecule has 0 aliphatic rings. The number of rotatable bonds is 4. The molecule has 0 amide bonds. The van der Waals surface area contributed by atoms with Crippen molar-refractivity contribution < 1.29 is 9.53 Å². The molecule has 1 aromatic rings. The fourth-order valence-corrected chi connectivity index (χ4v) is 1.17. The van der Waals surface area contributed by atoms with E-state index in [1.165, 1.54) is 0 Å². The lowest BCUT2D eigenvalue weighted by atomic mass is 10.3. The first kappa shape index (κ1) is 11.5. The largest absolute Gasteiger partial charge is 0.464 e. The minimum Gasteiger partial charge on any atom is -0.464 e. The second kappa shape index (κ2) is 5.34. The number of anilines is 1. The highest BCUT2D eigenvalue weighted by Gasteiger charge is 2.13. The third kappa shape index (κ3) is 3.58. The molecule has 0 saturated heterocycles. The summed E-state index contributed by atoms with van der Waals surface area (Å²) in [6.07, 6.45) is 0. The maximum Gasteiger partial charge on any atom is 0.328 e. The maximum atomic E-state index is 11.3. The highest BCUT2D eigenvalue weighted by atomic mass is 16.5. The first-order chi connectivity index (χ1) is 7.13. The SMILES string of the molecule is CCOC(=O)C(C)Nc1cccc(C)n1. The van der Waals surface area contributed by atoms with Crippen molar-refractivity contribution in [1.29, 1.82) is 0 Å². The molecule has 0 aromatic carbocycles. The van der Waals surface area contributed by atoms with Gasteiger partial charge in [0, 0.05) is 5.69 Å². The lowest BCUT2D eigenvalue weighted by Gasteiger charge is -2.13. The highest BCUT2D eigenvalue weighted by molar-refractivity contribution is 5.78. The summed E-state index contributed by atoms with van der Waals surface area (Å²) in [5.74, 6) is 0.427. The van der Waals surface area contributed by atoms with Crippen molar-refractivity contribution in [2.75, 3.05) is 11.9 Å². The van der Waals surface area contributed by atoms with Gasteiger partial charge in [-0.25, -0.2) is 9.78 Å². The van der Waals surface area contributed by atoms with E-state index in [9.17, 15) is 4.79 Å². The van der Waals surface area contributed by atoms with E-state index in [0.29, 0.717) is 12.4 Å². The molecular formula is C11H16N2O2. The predicted octanol–water partition coefficient (Wildman–Crippen LogP) is 1.75. The molecule has 0 radical (unpaired) electrons. The van der Waals surface area contributed by atoms with Crippen LogP contribution in [-0.2, 0) is 9.53 Å². The average Bonchev–Trinajstić information content (AvgIpc) is 2.18. The second-order valence-corrected chi connectivity index (χ2v) is 3.28. The molecule has 15 heavy (non-hydrogen) atoms. The van der Waals surface area contributed by atoms with Gasteiger partial charge in [-0.2, -0.15) is 0 Å². The number of pyridine rings is 1. The zero-order valence-corrected chi connectivity index (χ0v) is 9.28. The molecule has 1 aromatic heterocycles. The van der Waals surface area contributed by atoms with E-state index >= 15 is 0 Å². The summed E-state index contributed by atoms with van der Waals surface area (Å²) in [6, 6.07) is 5.24. The number of carbonyl (C=O) groups excluding carboxylic acids is 1. The summed E-state index contributed by atoms with van der Waals surface area (Å²) < 4.78 is 4.88. The fraction of sp³-hybridized carbons (Fsp3) is 0.455. The number of ether oxygens (including phenoxy) is 1. The molecular weight excluding hydrogens is 192 g/mol. The average molecular weight is 208 g/mol. The van der Waals surface area contributed by atoms with E-state index < -0.39 is 0 Å². The third-order valence-electron chi connectivity index (χ3n) is 1.89. The van der Waals surface area contributed by atoms with Crippen molar-refractivity contribution >= 4 is 11.8 Å². The first-order valence-electron chi connectivity index (χ1n) is 5.00. The Hall–Kier alpha value is -1.58. The maximum absolute atomic E-state index is 11.3. The number of hydrogen-bond donors (Lipinski definition) is 1. The van der Waals surface area contributed by atoms with Crippen LogP contribution in [0.25, 0.3) is 0 Å². The smallest absolute Gasteiger partial charge is 0.328 e. The number of aromatic nitrogens is 1. The van der Waals surface area contributed by atoms with Gasteiger partial charge in [-0.05, 0) is 32.9 Å². The van der Waals surface area contributed by atoms with Gasteiger partial charge >= 0.3 is 5.97 Å².